The van der Waals surface area contributed by atoms with Crippen molar-refractivity contribution in [2.24, 2.45) is 0 Å². The van der Waals surface area contributed by atoms with Crippen LogP contribution in [0.1, 0.15) is 11.1 Å². The molecule has 11 heteroatoms. The van der Waals surface area contributed by atoms with Gasteiger partial charge in [-0.2, -0.15) is 0 Å². The highest BCUT2D eigenvalue weighted by Crippen LogP contribution is 2.27. The Morgan fingerprint density at radius 3 is 2.23 bits per heavy atom. The van der Waals surface area contributed by atoms with Gasteiger partial charge in [0.1, 0.15) is 10.7 Å². The summed E-state index contributed by atoms with van der Waals surface area (Å²) in [6.45, 7) is 0. The molecule has 3 rings (SSSR count). The standard InChI is InChI=1S/C20H17BrFN3O4S2/c1-30(26,27)18-4-2-3-5-19(18)31(28,29)25-13-7-9-17(23)15(11-13)20(24)14-8-6-12(21)10-16(14)22/h2-11,24-25H,23H2,1H3. The molecule has 0 aliphatic carbocycles. The maximum absolute atomic E-state index is 14.3. The molecule has 0 spiro atoms. The Bertz CT molecular complexity index is 1410. The fraction of sp³-hybridized carbons (Fsp3) is 0.0500. The van der Waals surface area contributed by atoms with E-state index in [2.05, 4.69) is 20.7 Å². The van der Waals surface area contributed by atoms with E-state index in [1.165, 1.54) is 54.6 Å². The normalized spacial score (nSPS) is 11.8. The molecule has 0 aliphatic rings. The van der Waals surface area contributed by atoms with Gasteiger partial charge in [-0.25, -0.2) is 21.2 Å². The summed E-state index contributed by atoms with van der Waals surface area (Å²) in [4.78, 5) is -0.757. The highest BCUT2D eigenvalue weighted by molar-refractivity contribution is 9.10. The van der Waals surface area contributed by atoms with Gasteiger partial charge >= 0.3 is 0 Å². The number of nitrogens with one attached hydrogen (secondary N) is 2. The third-order valence-corrected chi connectivity index (χ3v) is 7.53. The summed E-state index contributed by atoms with van der Waals surface area (Å²) < 4.78 is 66.8. The maximum Gasteiger partial charge on any atom is 0.263 e. The molecule has 0 heterocycles. The number of nitrogens with two attached hydrogens (primary N) is 1. The lowest BCUT2D eigenvalue weighted by molar-refractivity contribution is 0.588. The van der Waals surface area contributed by atoms with Crippen molar-refractivity contribution in [1.29, 1.82) is 5.41 Å². The fourth-order valence-electron chi connectivity index (χ4n) is 2.86. The van der Waals surface area contributed by atoms with Gasteiger partial charge in [0.15, 0.2) is 9.84 Å². The van der Waals surface area contributed by atoms with Crippen molar-refractivity contribution in [2.45, 2.75) is 9.79 Å². The molecular weight excluding hydrogens is 509 g/mol. The summed E-state index contributed by atoms with van der Waals surface area (Å²) >= 11 is 3.15. The molecule has 0 saturated carbocycles. The van der Waals surface area contributed by atoms with Crippen LogP contribution in [-0.4, -0.2) is 28.8 Å². The third kappa shape index (κ3) is 4.94. The van der Waals surface area contributed by atoms with Crippen LogP contribution >= 0.6 is 15.9 Å². The van der Waals surface area contributed by atoms with Gasteiger partial charge in [0, 0.05) is 33.2 Å². The van der Waals surface area contributed by atoms with Crippen LogP contribution in [0.3, 0.4) is 0 Å². The molecule has 4 N–H and O–H groups in total. The molecule has 0 saturated heterocycles. The molecule has 3 aromatic carbocycles. The first-order valence-electron chi connectivity index (χ1n) is 8.66. The second kappa shape index (κ2) is 8.40. The Hall–Kier alpha value is -2.76. The maximum atomic E-state index is 14.3. The average Bonchev–Trinajstić information content (AvgIpc) is 2.68. The van der Waals surface area contributed by atoms with E-state index in [1.807, 2.05) is 0 Å². The zero-order chi connectivity index (χ0) is 23.0. The molecule has 7 nitrogen and oxygen atoms in total. The molecule has 0 aromatic heterocycles. The third-order valence-electron chi connectivity index (χ3n) is 4.31. The molecule has 0 atom stereocenters. The van der Waals surface area contributed by atoms with Crippen LogP contribution in [0.2, 0.25) is 0 Å². The van der Waals surface area contributed by atoms with Crippen LogP contribution in [-0.2, 0) is 19.9 Å². The molecule has 0 aliphatic heterocycles. The lowest BCUT2D eigenvalue weighted by atomic mass is 10.00. The van der Waals surface area contributed by atoms with Crippen molar-refractivity contribution >= 4 is 52.9 Å². The number of sulfone groups is 1. The second-order valence-electron chi connectivity index (χ2n) is 6.63. The number of halogens is 2. The first kappa shape index (κ1) is 22.9. The predicted octanol–water partition coefficient (Wildman–Crippen LogP) is 3.79. The van der Waals surface area contributed by atoms with Gasteiger partial charge < -0.3 is 5.73 Å². The van der Waals surface area contributed by atoms with E-state index in [0.29, 0.717) is 4.47 Å². The largest absolute Gasteiger partial charge is 0.398 e. The highest BCUT2D eigenvalue weighted by atomic mass is 79.9. The van der Waals surface area contributed by atoms with Crippen molar-refractivity contribution in [1.82, 2.24) is 0 Å². The monoisotopic (exact) mass is 525 g/mol. The number of hydrogen-bond acceptors (Lipinski definition) is 6. The fourth-order valence-corrected chi connectivity index (χ4v) is 5.88. The minimum absolute atomic E-state index is 0.0164. The van der Waals surface area contributed by atoms with Gasteiger partial charge in [0.25, 0.3) is 10.0 Å². The first-order valence-corrected chi connectivity index (χ1v) is 12.8. The van der Waals surface area contributed by atoms with E-state index in [9.17, 15) is 21.2 Å². The van der Waals surface area contributed by atoms with Gasteiger partial charge in [-0.15, -0.1) is 0 Å². The van der Waals surface area contributed by atoms with E-state index in [4.69, 9.17) is 11.1 Å². The second-order valence-corrected chi connectivity index (χ2v) is 11.2. The van der Waals surface area contributed by atoms with Crippen molar-refractivity contribution in [3.63, 3.8) is 0 Å². The molecule has 0 unspecified atom stereocenters. The van der Waals surface area contributed by atoms with Gasteiger partial charge in [-0.1, -0.05) is 28.1 Å². The van der Waals surface area contributed by atoms with Gasteiger partial charge in [-0.3, -0.25) is 10.1 Å². The SMILES string of the molecule is CS(=O)(=O)c1ccccc1S(=O)(=O)Nc1ccc(N)c(C(=N)c2ccc(Br)cc2F)c1. The Labute approximate surface area is 187 Å². The zero-order valence-electron chi connectivity index (χ0n) is 16.1. The van der Waals surface area contributed by atoms with E-state index >= 15 is 0 Å². The Kier molecular flexibility index (Phi) is 6.21. The van der Waals surface area contributed by atoms with Crippen molar-refractivity contribution in [2.75, 3.05) is 16.7 Å². The van der Waals surface area contributed by atoms with Gasteiger partial charge in [0.2, 0.25) is 0 Å². The van der Waals surface area contributed by atoms with Crippen molar-refractivity contribution < 1.29 is 21.2 Å². The Morgan fingerprint density at radius 1 is 0.968 bits per heavy atom. The number of sulfonamides is 1. The molecule has 162 valence electrons. The number of rotatable bonds is 6. The first-order chi connectivity index (χ1) is 14.4. The topological polar surface area (TPSA) is 130 Å². The smallest absolute Gasteiger partial charge is 0.263 e. The van der Waals surface area contributed by atoms with Gasteiger partial charge in [0.05, 0.1) is 10.6 Å². The minimum atomic E-state index is -4.28. The summed E-state index contributed by atoms with van der Waals surface area (Å²) in [5.41, 5.74) is 5.97. The van der Waals surface area contributed by atoms with Crippen LogP contribution < -0.4 is 10.5 Å². The molecule has 3 aromatic rings. The summed E-state index contributed by atoms with van der Waals surface area (Å²) in [7, 11) is -8.08. The summed E-state index contributed by atoms with van der Waals surface area (Å²) in [6.07, 6.45) is 0.913. The quantitative estimate of drug-likeness (QED) is 0.332. The lowest BCUT2D eigenvalue weighted by Gasteiger charge is -2.14. The molecular formula is C20H17BrFN3O4S2. The van der Waals surface area contributed by atoms with Crippen LogP contribution in [0.15, 0.2) is 74.9 Å². The van der Waals surface area contributed by atoms with Crippen LogP contribution in [0.25, 0.3) is 0 Å². The lowest BCUT2D eigenvalue weighted by Crippen LogP contribution is -2.17. The number of hydrogen-bond donors (Lipinski definition) is 3. The summed E-state index contributed by atoms with van der Waals surface area (Å²) in [5.74, 6) is -0.646. The molecule has 0 fully saturated rings. The summed E-state index contributed by atoms with van der Waals surface area (Å²) in [5, 5.41) is 8.34. The van der Waals surface area contributed by atoms with E-state index in [-0.39, 0.29) is 33.1 Å². The summed E-state index contributed by atoms with van der Waals surface area (Å²) in [6, 6.07) is 13.4. The molecule has 31 heavy (non-hydrogen) atoms. The average molecular weight is 526 g/mol. The number of nitrogen functional groups attached to an aromatic ring is 1. The van der Waals surface area contributed by atoms with E-state index < -0.39 is 30.6 Å². The number of benzene rings is 3. The zero-order valence-corrected chi connectivity index (χ0v) is 19.3. The number of anilines is 2. The predicted molar refractivity (Wildman–Crippen MR) is 121 cm³/mol. The van der Waals surface area contributed by atoms with Crippen molar-refractivity contribution in [3.8, 4) is 0 Å². The highest BCUT2D eigenvalue weighted by Gasteiger charge is 2.24. The van der Waals surface area contributed by atoms with E-state index in [1.54, 1.807) is 6.07 Å². The molecule has 0 bridgehead atoms. The Morgan fingerprint density at radius 2 is 1.61 bits per heavy atom. The molecule has 0 radical (unpaired) electrons. The Balaban J connectivity index is 2.02. The van der Waals surface area contributed by atoms with Crippen LogP contribution in [0, 0.1) is 11.2 Å². The minimum Gasteiger partial charge on any atom is -0.398 e. The van der Waals surface area contributed by atoms with Gasteiger partial charge in [-0.05, 0) is 48.5 Å². The molecule has 0 amide bonds. The van der Waals surface area contributed by atoms with Crippen molar-refractivity contribution in [3.05, 3.63) is 82.1 Å². The van der Waals surface area contributed by atoms with E-state index in [0.717, 1.165) is 6.26 Å². The van der Waals surface area contributed by atoms with Crippen LogP contribution in [0.4, 0.5) is 15.8 Å². The van der Waals surface area contributed by atoms with Crippen LogP contribution in [0.5, 0.6) is 0 Å².